The summed E-state index contributed by atoms with van der Waals surface area (Å²) in [5.41, 5.74) is 0.325. The summed E-state index contributed by atoms with van der Waals surface area (Å²) in [7, 11) is 3.96. The van der Waals surface area contributed by atoms with Gasteiger partial charge in [0.15, 0.2) is 5.69 Å². The predicted octanol–water partition coefficient (Wildman–Crippen LogP) is 0.757. The molecule has 1 rings (SSSR count). The second-order valence-electron chi connectivity index (χ2n) is 3.63. The lowest BCUT2D eigenvalue weighted by Crippen LogP contribution is -2.17. The second kappa shape index (κ2) is 6.17. The first-order chi connectivity index (χ1) is 7.63. The molecule has 0 radical (unpaired) electrons. The van der Waals surface area contributed by atoms with Gasteiger partial charge in [0.25, 0.3) is 0 Å². The molecule has 0 aliphatic rings. The Morgan fingerprint density at radius 3 is 2.88 bits per heavy atom. The lowest BCUT2D eigenvalue weighted by Gasteiger charge is -2.08. The number of carbonyl (C=O) groups excluding carboxylic acids is 1. The Bertz CT molecular complexity index is 353. The molecule has 0 bridgehead atoms. The van der Waals surface area contributed by atoms with Crippen molar-refractivity contribution in [2.45, 2.75) is 13.3 Å². The molecule has 88 valence electrons. The van der Waals surface area contributed by atoms with E-state index in [0.717, 1.165) is 13.0 Å². The Kier molecular flexibility index (Phi) is 4.85. The van der Waals surface area contributed by atoms with Crippen LogP contribution in [0.1, 0.15) is 23.2 Å². The fourth-order valence-corrected chi connectivity index (χ4v) is 1.16. The maximum absolute atomic E-state index is 11.4. The monoisotopic (exact) mass is 223 g/mol. The molecule has 0 fully saturated rings. The molecule has 0 spiro atoms. The van der Waals surface area contributed by atoms with Gasteiger partial charge in [0, 0.05) is 19.2 Å². The molecule has 0 N–H and O–H groups in total. The molecule has 0 saturated carbocycles. The highest BCUT2D eigenvalue weighted by atomic mass is 16.5. The van der Waals surface area contributed by atoms with Crippen LogP contribution >= 0.6 is 0 Å². The van der Waals surface area contributed by atoms with Gasteiger partial charge in [-0.05, 0) is 27.1 Å². The van der Waals surface area contributed by atoms with Crippen LogP contribution in [0.15, 0.2) is 12.3 Å². The topological polar surface area (TPSA) is 55.3 Å². The predicted molar refractivity (Wildman–Crippen MR) is 60.2 cm³/mol. The summed E-state index contributed by atoms with van der Waals surface area (Å²) >= 11 is 0. The highest BCUT2D eigenvalue weighted by Gasteiger charge is 2.09. The number of hydrogen-bond donors (Lipinski definition) is 0. The largest absolute Gasteiger partial charge is 0.461 e. The number of carbonyl (C=O) groups is 1. The van der Waals surface area contributed by atoms with Crippen LogP contribution in [0, 0.1) is 0 Å². The molecular weight excluding hydrogens is 206 g/mol. The minimum absolute atomic E-state index is 0.325. The van der Waals surface area contributed by atoms with Gasteiger partial charge in [-0.15, -0.1) is 0 Å². The summed E-state index contributed by atoms with van der Waals surface area (Å²) in [6.45, 7) is 2.98. The van der Waals surface area contributed by atoms with Crippen LogP contribution in [-0.2, 0) is 11.2 Å². The Balaban J connectivity index is 2.67. The average molecular weight is 223 g/mol. The van der Waals surface area contributed by atoms with Crippen LogP contribution in [0.2, 0.25) is 0 Å². The van der Waals surface area contributed by atoms with E-state index in [0.29, 0.717) is 18.1 Å². The molecule has 16 heavy (non-hydrogen) atoms. The van der Waals surface area contributed by atoms with Crippen molar-refractivity contribution in [3.05, 3.63) is 23.8 Å². The van der Waals surface area contributed by atoms with Crippen molar-refractivity contribution >= 4 is 5.97 Å². The summed E-state index contributed by atoms with van der Waals surface area (Å²) in [6.07, 6.45) is 2.31. The number of aromatic nitrogens is 2. The third-order valence-electron chi connectivity index (χ3n) is 1.97. The lowest BCUT2D eigenvalue weighted by molar-refractivity contribution is 0.0519. The van der Waals surface area contributed by atoms with Crippen LogP contribution < -0.4 is 0 Å². The van der Waals surface area contributed by atoms with E-state index in [9.17, 15) is 4.79 Å². The quantitative estimate of drug-likeness (QED) is 0.690. The molecule has 5 nitrogen and oxygen atoms in total. The highest BCUT2D eigenvalue weighted by Crippen LogP contribution is 1.99. The minimum atomic E-state index is -0.393. The number of rotatable bonds is 5. The van der Waals surface area contributed by atoms with Gasteiger partial charge in [0.05, 0.1) is 6.61 Å². The van der Waals surface area contributed by atoms with Crippen LogP contribution in [-0.4, -0.2) is 48.1 Å². The summed E-state index contributed by atoms with van der Waals surface area (Å²) in [6, 6.07) is 1.57. The SMILES string of the molecule is CCOC(=O)c1ccnc(CCN(C)C)n1. The molecule has 0 saturated heterocycles. The first-order valence-electron chi connectivity index (χ1n) is 5.27. The van der Waals surface area contributed by atoms with Gasteiger partial charge in [0.1, 0.15) is 5.82 Å². The zero-order chi connectivity index (χ0) is 12.0. The van der Waals surface area contributed by atoms with Crippen LogP contribution in [0.25, 0.3) is 0 Å². The fraction of sp³-hybridized carbons (Fsp3) is 0.545. The highest BCUT2D eigenvalue weighted by molar-refractivity contribution is 5.87. The lowest BCUT2D eigenvalue weighted by atomic mass is 10.3. The van der Waals surface area contributed by atoms with Gasteiger partial charge < -0.3 is 9.64 Å². The fourth-order valence-electron chi connectivity index (χ4n) is 1.16. The van der Waals surface area contributed by atoms with Crippen molar-refractivity contribution in [1.82, 2.24) is 14.9 Å². The van der Waals surface area contributed by atoms with E-state index in [1.807, 2.05) is 19.0 Å². The molecule has 0 atom stereocenters. The molecular formula is C11H17N3O2. The summed E-state index contributed by atoms with van der Waals surface area (Å²) in [4.78, 5) is 21.7. The van der Waals surface area contributed by atoms with Crippen LogP contribution in [0.3, 0.4) is 0 Å². The third kappa shape index (κ3) is 3.94. The molecule has 0 unspecified atom stereocenters. The standard InChI is InChI=1S/C11H17N3O2/c1-4-16-11(15)9-5-7-12-10(13-9)6-8-14(2)3/h5,7H,4,6,8H2,1-3H3. The Hall–Kier alpha value is -1.49. The molecule has 0 aliphatic heterocycles. The normalized spacial score (nSPS) is 10.5. The van der Waals surface area contributed by atoms with Crippen molar-refractivity contribution in [3.8, 4) is 0 Å². The van der Waals surface area contributed by atoms with E-state index < -0.39 is 5.97 Å². The van der Waals surface area contributed by atoms with Crippen molar-refractivity contribution in [1.29, 1.82) is 0 Å². The molecule has 0 amide bonds. The first-order valence-corrected chi connectivity index (χ1v) is 5.27. The van der Waals surface area contributed by atoms with Crippen LogP contribution in [0.5, 0.6) is 0 Å². The smallest absolute Gasteiger partial charge is 0.357 e. The Morgan fingerprint density at radius 2 is 2.25 bits per heavy atom. The zero-order valence-electron chi connectivity index (χ0n) is 9.93. The van der Waals surface area contributed by atoms with Gasteiger partial charge in [-0.2, -0.15) is 0 Å². The number of likely N-dealkylation sites (N-methyl/N-ethyl adjacent to an activating group) is 1. The van der Waals surface area contributed by atoms with E-state index in [1.165, 1.54) is 0 Å². The van der Waals surface area contributed by atoms with Gasteiger partial charge in [0.2, 0.25) is 0 Å². The van der Waals surface area contributed by atoms with E-state index in [1.54, 1.807) is 19.2 Å². The third-order valence-corrected chi connectivity index (χ3v) is 1.97. The summed E-state index contributed by atoms with van der Waals surface area (Å²) in [5.74, 6) is 0.273. The van der Waals surface area contributed by atoms with Crippen molar-refractivity contribution in [2.24, 2.45) is 0 Å². The first kappa shape index (κ1) is 12.6. The van der Waals surface area contributed by atoms with E-state index in [4.69, 9.17) is 4.74 Å². The molecule has 0 aromatic carbocycles. The molecule has 0 aliphatic carbocycles. The zero-order valence-corrected chi connectivity index (χ0v) is 9.93. The minimum Gasteiger partial charge on any atom is -0.461 e. The molecule has 5 heteroatoms. The van der Waals surface area contributed by atoms with Gasteiger partial charge in [-0.1, -0.05) is 0 Å². The summed E-state index contributed by atoms with van der Waals surface area (Å²) < 4.78 is 4.87. The van der Waals surface area contributed by atoms with Gasteiger partial charge in [-0.25, -0.2) is 14.8 Å². The second-order valence-corrected chi connectivity index (χ2v) is 3.63. The van der Waals surface area contributed by atoms with E-state index in [-0.39, 0.29) is 0 Å². The van der Waals surface area contributed by atoms with Crippen molar-refractivity contribution < 1.29 is 9.53 Å². The Labute approximate surface area is 95.5 Å². The van der Waals surface area contributed by atoms with Crippen LogP contribution in [0.4, 0.5) is 0 Å². The molecule has 1 heterocycles. The maximum Gasteiger partial charge on any atom is 0.357 e. The number of esters is 1. The molecule has 1 aromatic rings. The van der Waals surface area contributed by atoms with Gasteiger partial charge in [-0.3, -0.25) is 0 Å². The number of hydrogen-bond acceptors (Lipinski definition) is 5. The van der Waals surface area contributed by atoms with Crippen molar-refractivity contribution in [3.63, 3.8) is 0 Å². The van der Waals surface area contributed by atoms with E-state index >= 15 is 0 Å². The average Bonchev–Trinajstić information content (AvgIpc) is 2.27. The number of ether oxygens (including phenoxy) is 1. The van der Waals surface area contributed by atoms with Crippen molar-refractivity contribution in [2.75, 3.05) is 27.2 Å². The number of nitrogens with zero attached hydrogens (tertiary/aromatic N) is 3. The summed E-state index contributed by atoms with van der Waals surface area (Å²) in [5, 5.41) is 0. The maximum atomic E-state index is 11.4. The van der Waals surface area contributed by atoms with E-state index in [2.05, 4.69) is 9.97 Å². The molecule has 1 aromatic heterocycles. The Morgan fingerprint density at radius 1 is 1.50 bits per heavy atom. The van der Waals surface area contributed by atoms with Gasteiger partial charge >= 0.3 is 5.97 Å².